The lowest BCUT2D eigenvalue weighted by Crippen LogP contribution is -2.54. The SMILES string of the molecule is O=C(Cn1c(=O)[nH]c2ccccc2c1=O)NC1(C(=O)O)CCCC1. The number of hydrogen-bond acceptors (Lipinski definition) is 4. The molecule has 1 aromatic carbocycles. The first-order valence-corrected chi connectivity index (χ1v) is 7.69. The van der Waals surface area contributed by atoms with Crippen molar-refractivity contribution in [2.45, 2.75) is 37.8 Å². The average molecular weight is 331 g/mol. The monoisotopic (exact) mass is 331 g/mol. The number of amides is 1. The highest BCUT2D eigenvalue weighted by Gasteiger charge is 2.42. The van der Waals surface area contributed by atoms with Gasteiger partial charge in [0.15, 0.2) is 0 Å². The summed E-state index contributed by atoms with van der Waals surface area (Å²) in [5, 5.41) is 12.2. The first-order chi connectivity index (χ1) is 11.4. The van der Waals surface area contributed by atoms with E-state index in [9.17, 15) is 24.3 Å². The first-order valence-electron chi connectivity index (χ1n) is 7.69. The number of nitrogens with zero attached hydrogens (tertiary/aromatic N) is 1. The van der Waals surface area contributed by atoms with E-state index in [4.69, 9.17) is 0 Å². The number of hydrogen-bond donors (Lipinski definition) is 3. The van der Waals surface area contributed by atoms with E-state index in [1.54, 1.807) is 24.3 Å². The van der Waals surface area contributed by atoms with Gasteiger partial charge in [-0.1, -0.05) is 25.0 Å². The summed E-state index contributed by atoms with van der Waals surface area (Å²) >= 11 is 0. The lowest BCUT2D eigenvalue weighted by molar-refractivity contribution is -0.147. The van der Waals surface area contributed by atoms with Crippen molar-refractivity contribution < 1.29 is 14.7 Å². The largest absolute Gasteiger partial charge is 0.480 e. The Morgan fingerprint density at radius 2 is 1.88 bits per heavy atom. The van der Waals surface area contributed by atoms with Crippen LogP contribution in [0.5, 0.6) is 0 Å². The van der Waals surface area contributed by atoms with Gasteiger partial charge in [0.25, 0.3) is 5.56 Å². The summed E-state index contributed by atoms with van der Waals surface area (Å²) in [5.41, 5.74) is -2.20. The van der Waals surface area contributed by atoms with Gasteiger partial charge in [0.2, 0.25) is 5.91 Å². The molecule has 0 bridgehead atoms. The predicted molar refractivity (Wildman–Crippen MR) is 85.8 cm³/mol. The summed E-state index contributed by atoms with van der Waals surface area (Å²) in [6.07, 6.45) is 2.11. The van der Waals surface area contributed by atoms with Crippen LogP contribution in [0.3, 0.4) is 0 Å². The zero-order valence-corrected chi connectivity index (χ0v) is 12.9. The maximum absolute atomic E-state index is 12.4. The third-order valence-electron chi connectivity index (χ3n) is 4.44. The molecule has 1 saturated carbocycles. The van der Waals surface area contributed by atoms with Crippen LogP contribution in [0, 0.1) is 0 Å². The standard InChI is InChI=1S/C16H17N3O5/c20-12(18-16(14(22)23)7-3-4-8-16)9-19-13(21)10-5-1-2-6-11(10)17-15(19)24/h1-2,5-6H,3-4,7-9H2,(H,17,24)(H,18,20)(H,22,23). The molecule has 0 unspecified atom stereocenters. The third kappa shape index (κ3) is 2.70. The van der Waals surface area contributed by atoms with Crippen LogP contribution in [0.4, 0.5) is 0 Å². The Hall–Kier alpha value is -2.90. The van der Waals surface area contributed by atoms with Gasteiger partial charge in [-0.25, -0.2) is 9.59 Å². The highest BCUT2D eigenvalue weighted by Crippen LogP contribution is 2.29. The summed E-state index contributed by atoms with van der Waals surface area (Å²) in [6.45, 7) is -0.520. The number of carbonyl (C=O) groups is 2. The number of aromatic amines is 1. The Balaban J connectivity index is 1.90. The van der Waals surface area contributed by atoms with Crippen LogP contribution in [0.1, 0.15) is 25.7 Å². The Kier molecular flexibility index (Phi) is 3.96. The molecular formula is C16H17N3O5. The predicted octanol–water partition coefficient (Wildman–Crippen LogP) is 0.203. The Morgan fingerprint density at radius 3 is 2.54 bits per heavy atom. The fourth-order valence-electron chi connectivity index (χ4n) is 3.16. The third-order valence-corrected chi connectivity index (χ3v) is 4.44. The molecule has 1 aromatic heterocycles. The summed E-state index contributed by atoms with van der Waals surface area (Å²) in [4.78, 5) is 50.7. The summed E-state index contributed by atoms with van der Waals surface area (Å²) in [7, 11) is 0. The first kappa shape index (κ1) is 16.0. The Bertz CT molecular complexity index is 921. The highest BCUT2D eigenvalue weighted by atomic mass is 16.4. The molecule has 0 saturated heterocycles. The van der Waals surface area contributed by atoms with Crippen molar-refractivity contribution >= 4 is 22.8 Å². The normalized spacial score (nSPS) is 16.2. The van der Waals surface area contributed by atoms with Gasteiger partial charge in [0, 0.05) is 0 Å². The summed E-state index contributed by atoms with van der Waals surface area (Å²) < 4.78 is 0.780. The van der Waals surface area contributed by atoms with Gasteiger partial charge in [-0.15, -0.1) is 0 Å². The van der Waals surface area contributed by atoms with E-state index < -0.39 is 35.2 Å². The van der Waals surface area contributed by atoms with Gasteiger partial charge >= 0.3 is 11.7 Å². The zero-order valence-electron chi connectivity index (χ0n) is 12.9. The fraction of sp³-hybridized carbons (Fsp3) is 0.375. The molecule has 0 aliphatic heterocycles. The van der Waals surface area contributed by atoms with Crippen LogP contribution in [0.25, 0.3) is 10.9 Å². The Labute approximate surface area is 136 Å². The minimum atomic E-state index is -1.30. The van der Waals surface area contributed by atoms with E-state index in [0.717, 1.165) is 4.57 Å². The molecule has 3 N–H and O–H groups in total. The van der Waals surface area contributed by atoms with Crippen LogP contribution in [0.15, 0.2) is 33.9 Å². The number of benzene rings is 1. The molecule has 24 heavy (non-hydrogen) atoms. The lowest BCUT2D eigenvalue weighted by atomic mass is 9.98. The van der Waals surface area contributed by atoms with Crippen LogP contribution in [-0.4, -0.2) is 32.1 Å². The number of aromatic nitrogens is 2. The Morgan fingerprint density at radius 1 is 1.21 bits per heavy atom. The number of H-pyrrole nitrogens is 1. The van der Waals surface area contributed by atoms with Crippen molar-refractivity contribution in [2.75, 3.05) is 0 Å². The molecule has 0 radical (unpaired) electrons. The van der Waals surface area contributed by atoms with Crippen LogP contribution in [-0.2, 0) is 16.1 Å². The minimum Gasteiger partial charge on any atom is -0.480 e. The second-order valence-electron chi connectivity index (χ2n) is 6.01. The van der Waals surface area contributed by atoms with Crippen molar-refractivity contribution in [3.05, 3.63) is 45.1 Å². The molecule has 126 valence electrons. The van der Waals surface area contributed by atoms with E-state index >= 15 is 0 Å². The number of aliphatic carboxylic acids is 1. The van der Waals surface area contributed by atoms with E-state index in [-0.39, 0.29) is 0 Å². The lowest BCUT2D eigenvalue weighted by Gasteiger charge is -2.25. The molecular weight excluding hydrogens is 314 g/mol. The molecule has 1 fully saturated rings. The summed E-state index contributed by atoms with van der Waals surface area (Å²) in [5.74, 6) is -1.75. The fourth-order valence-corrected chi connectivity index (χ4v) is 3.16. The van der Waals surface area contributed by atoms with Crippen LogP contribution in [0.2, 0.25) is 0 Å². The molecule has 1 aliphatic carbocycles. The van der Waals surface area contributed by atoms with Gasteiger partial charge in [-0.2, -0.15) is 0 Å². The molecule has 0 spiro atoms. The van der Waals surface area contributed by atoms with E-state index in [1.807, 2.05) is 0 Å². The topological polar surface area (TPSA) is 121 Å². The van der Waals surface area contributed by atoms with Crippen molar-refractivity contribution in [1.29, 1.82) is 0 Å². The number of para-hydroxylation sites is 1. The zero-order chi connectivity index (χ0) is 17.3. The van der Waals surface area contributed by atoms with Crippen molar-refractivity contribution in [3.8, 4) is 0 Å². The molecule has 1 heterocycles. The average Bonchev–Trinajstić information content (AvgIpc) is 3.01. The van der Waals surface area contributed by atoms with Gasteiger partial charge in [0.1, 0.15) is 12.1 Å². The second kappa shape index (κ2) is 5.95. The van der Waals surface area contributed by atoms with E-state index in [0.29, 0.717) is 36.6 Å². The number of carboxylic acids is 1. The number of rotatable bonds is 4. The number of carboxylic acid groups (broad SMARTS) is 1. The second-order valence-corrected chi connectivity index (χ2v) is 6.01. The minimum absolute atomic E-state index is 0.290. The molecule has 8 heteroatoms. The van der Waals surface area contributed by atoms with E-state index in [2.05, 4.69) is 10.3 Å². The van der Waals surface area contributed by atoms with Gasteiger partial charge in [-0.05, 0) is 25.0 Å². The van der Waals surface area contributed by atoms with E-state index in [1.165, 1.54) is 0 Å². The number of carbonyl (C=O) groups excluding carboxylic acids is 1. The van der Waals surface area contributed by atoms with Crippen molar-refractivity contribution in [1.82, 2.24) is 14.9 Å². The van der Waals surface area contributed by atoms with Crippen molar-refractivity contribution in [2.24, 2.45) is 0 Å². The van der Waals surface area contributed by atoms with Crippen molar-refractivity contribution in [3.63, 3.8) is 0 Å². The molecule has 0 atom stereocenters. The van der Waals surface area contributed by atoms with Gasteiger partial charge in [0.05, 0.1) is 10.9 Å². The number of nitrogens with one attached hydrogen (secondary N) is 2. The summed E-state index contributed by atoms with van der Waals surface area (Å²) in [6, 6.07) is 6.49. The quantitative estimate of drug-likeness (QED) is 0.739. The van der Waals surface area contributed by atoms with Crippen LogP contribution >= 0.6 is 0 Å². The number of fused-ring (bicyclic) bond motifs is 1. The molecule has 8 nitrogen and oxygen atoms in total. The molecule has 1 aliphatic rings. The molecule has 2 aromatic rings. The molecule has 1 amide bonds. The smallest absolute Gasteiger partial charge is 0.329 e. The molecule has 3 rings (SSSR count). The van der Waals surface area contributed by atoms with Gasteiger partial charge < -0.3 is 15.4 Å². The maximum atomic E-state index is 12.4. The van der Waals surface area contributed by atoms with Gasteiger partial charge in [-0.3, -0.25) is 14.2 Å². The van der Waals surface area contributed by atoms with Crippen LogP contribution < -0.4 is 16.6 Å². The maximum Gasteiger partial charge on any atom is 0.329 e. The highest BCUT2D eigenvalue weighted by molar-refractivity contribution is 5.87.